The van der Waals surface area contributed by atoms with Gasteiger partial charge in [-0.3, -0.25) is 0 Å². The second kappa shape index (κ2) is 13.2. The first-order chi connectivity index (χ1) is 27.8. The van der Waals surface area contributed by atoms with E-state index >= 15 is 0 Å². The van der Waals surface area contributed by atoms with Crippen molar-refractivity contribution in [3.63, 3.8) is 0 Å². The van der Waals surface area contributed by atoms with Gasteiger partial charge in [-0.25, -0.2) is 0 Å². The van der Waals surface area contributed by atoms with E-state index in [0.717, 1.165) is 50.0 Å². The highest BCUT2D eigenvalue weighted by atomic mass is 16.3. The Morgan fingerprint density at radius 3 is 1.77 bits per heavy atom. The molecule has 1 heterocycles. The zero-order chi connectivity index (χ0) is 37.0. The third-order valence-corrected chi connectivity index (χ3v) is 11.2. The average molecular weight is 714 g/mol. The van der Waals surface area contributed by atoms with Crippen LogP contribution < -0.4 is 4.90 Å². The largest absolute Gasteiger partial charge is 0.455 e. The minimum absolute atomic E-state index is 0.858. The van der Waals surface area contributed by atoms with Crippen LogP contribution in [0.1, 0.15) is 0 Å². The van der Waals surface area contributed by atoms with Gasteiger partial charge in [-0.2, -0.15) is 0 Å². The van der Waals surface area contributed by atoms with Crippen LogP contribution in [0.2, 0.25) is 0 Å². The number of hydrogen-bond donors (Lipinski definition) is 0. The fourth-order valence-electron chi connectivity index (χ4n) is 8.55. The van der Waals surface area contributed by atoms with E-state index < -0.39 is 0 Å². The molecule has 10 aromatic carbocycles. The summed E-state index contributed by atoms with van der Waals surface area (Å²) in [6.07, 6.45) is 0. The van der Waals surface area contributed by atoms with E-state index in [1.165, 1.54) is 54.7 Å². The monoisotopic (exact) mass is 713 g/mol. The van der Waals surface area contributed by atoms with Crippen LogP contribution in [0.3, 0.4) is 0 Å². The van der Waals surface area contributed by atoms with Crippen molar-refractivity contribution < 1.29 is 4.42 Å². The first-order valence-corrected chi connectivity index (χ1v) is 19.2. The Labute approximate surface area is 325 Å². The molecule has 0 fully saturated rings. The van der Waals surface area contributed by atoms with E-state index in [1.54, 1.807) is 0 Å². The second-order valence-electron chi connectivity index (χ2n) is 14.5. The molecule has 262 valence electrons. The molecule has 0 atom stereocenters. The Bertz CT molecular complexity index is 3240. The molecule has 0 saturated heterocycles. The lowest BCUT2D eigenvalue weighted by atomic mass is 9.92. The molecule has 11 rings (SSSR count). The summed E-state index contributed by atoms with van der Waals surface area (Å²) in [6, 6.07) is 76.4. The van der Waals surface area contributed by atoms with Gasteiger partial charge in [0.2, 0.25) is 0 Å². The van der Waals surface area contributed by atoms with Crippen LogP contribution in [0.5, 0.6) is 0 Å². The van der Waals surface area contributed by atoms with Gasteiger partial charge >= 0.3 is 0 Å². The van der Waals surface area contributed by atoms with Crippen LogP contribution in [-0.2, 0) is 0 Å². The summed E-state index contributed by atoms with van der Waals surface area (Å²) in [5.41, 5.74) is 12.1. The molecule has 0 bridgehead atoms. The highest BCUT2D eigenvalue weighted by molar-refractivity contribution is 6.23. The number of rotatable bonds is 6. The number of anilines is 3. The molecule has 56 heavy (non-hydrogen) atoms. The quantitative estimate of drug-likeness (QED) is 0.171. The standard InChI is InChI=1S/C54H35NO/c1-2-13-36(14-3-1)38-27-29-39(30-28-38)42-19-10-20-43(33-42)55(44-32-31-37-15-4-5-17-41(37)34-44)51-25-12-26-52-53(51)50-35-49(47-22-8-9-23-48(47)54(50)56-52)46-24-11-18-40-16-6-7-21-45(40)46/h1-35H. The topological polar surface area (TPSA) is 16.4 Å². The van der Waals surface area contributed by atoms with Crippen molar-refractivity contribution in [1.82, 2.24) is 0 Å². The summed E-state index contributed by atoms with van der Waals surface area (Å²) in [7, 11) is 0. The van der Waals surface area contributed by atoms with Crippen molar-refractivity contribution in [3.8, 4) is 33.4 Å². The number of benzene rings is 10. The fourth-order valence-corrected chi connectivity index (χ4v) is 8.55. The van der Waals surface area contributed by atoms with Gasteiger partial charge in [0.15, 0.2) is 0 Å². The summed E-state index contributed by atoms with van der Waals surface area (Å²) < 4.78 is 6.89. The van der Waals surface area contributed by atoms with Crippen LogP contribution in [0.4, 0.5) is 17.1 Å². The van der Waals surface area contributed by atoms with Crippen molar-refractivity contribution in [2.75, 3.05) is 4.90 Å². The molecular weight excluding hydrogens is 679 g/mol. The lowest BCUT2D eigenvalue weighted by molar-refractivity contribution is 0.672. The Hall–Kier alpha value is -7.42. The lowest BCUT2D eigenvalue weighted by Gasteiger charge is -2.27. The van der Waals surface area contributed by atoms with E-state index in [0.29, 0.717) is 0 Å². The summed E-state index contributed by atoms with van der Waals surface area (Å²) >= 11 is 0. The highest BCUT2D eigenvalue weighted by Gasteiger charge is 2.23. The minimum Gasteiger partial charge on any atom is -0.455 e. The normalized spacial score (nSPS) is 11.6. The van der Waals surface area contributed by atoms with Crippen LogP contribution in [0.25, 0.3) is 87.6 Å². The van der Waals surface area contributed by atoms with Gasteiger partial charge in [-0.05, 0) is 103 Å². The van der Waals surface area contributed by atoms with Gasteiger partial charge < -0.3 is 9.32 Å². The lowest BCUT2D eigenvalue weighted by Crippen LogP contribution is -2.10. The van der Waals surface area contributed by atoms with Crippen LogP contribution >= 0.6 is 0 Å². The molecule has 0 N–H and O–H groups in total. The summed E-state index contributed by atoms with van der Waals surface area (Å²) in [4.78, 5) is 2.40. The Morgan fingerprint density at radius 1 is 0.321 bits per heavy atom. The number of hydrogen-bond acceptors (Lipinski definition) is 2. The zero-order valence-corrected chi connectivity index (χ0v) is 30.6. The van der Waals surface area contributed by atoms with E-state index in [-0.39, 0.29) is 0 Å². The maximum Gasteiger partial charge on any atom is 0.143 e. The predicted molar refractivity (Wildman–Crippen MR) is 237 cm³/mol. The second-order valence-corrected chi connectivity index (χ2v) is 14.5. The first-order valence-electron chi connectivity index (χ1n) is 19.2. The molecule has 0 aliphatic heterocycles. The fraction of sp³-hybridized carbons (Fsp3) is 0. The maximum atomic E-state index is 6.89. The maximum absolute atomic E-state index is 6.89. The summed E-state index contributed by atoms with van der Waals surface area (Å²) in [5.74, 6) is 0. The number of furan rings is 1. The molecule has 0 saturated carbocycles. The van der Waals surface area contributed by atoms with Crippen LogP contribution in [0, 0.1) is 0 Å². The molecule has 0 spiro atoms. The van der Waals surface area contributed by atoms with Crippen molar-refractivity contribution in [2.45, 2.75) is 0 Å². The number of fused-ring (bicyclic) bond motifs is 7. The zero-order valence-electron chi connectivity index (χ0n) is 30.6. The van der Waals surface area contributed by atoms with Gasteiger partial charge in [-0.15, -0.1) is 0 Å². The Balaban J connectivity index is 1.15. The van der Waals surface area contributed by atoms with Crippen LogP contribution in [-0.4, -0.2) is 0 Å². The molecule has 1 aromatic heterocycles. The predicted octanol–water partition coefficient (Wildman–Crippen LogP) is 15.5. The van der Waals surface area contributed by atoms with Gasteiger partial charge in [0, 0.05) is 22.1 Å². The van der Waals surface area contributed by atoms with Gasteiger partial charge in [0.25, 0.3) is 0 Å². The Kier molecular flexibility index (Phi) is 7.53. The smallest absolute Gasteiger partial charge is 0.143 e. The SMILES string of the molecule is c1ccc(-c2ccc(-c3cccc(N(c4ccc5ccccc5c4)c4cccc5oc6c7ccccc7c(-c7cccc8ccccc78)cc6c45)c3)cc2)cc1. The molecule has 0 unspecified atom stereocenters. The number of nitrogens with zero attached hydrogens (tertiary/aromatic N) is 1. The molecule has 2 heteroatoms. The molecule has 0 radical (unpaired) electrons. The molecule has 11 aromatic rings. The van der Waals surface area contributed by atoms with Crippen molar-refractivity contribution in [3.05, 3.63) is 212 Å². The van der Waals surface area contributed by atoms with Crippen molar-refractivity contribution in [1.29, 1.82) is 0 Å². The first kappa shape index (κ1) is 32.0. The minimum atomic E-state index is 0.858. The van der Waals surface area contributed by atoms with E-state index in [1.807, 2.05) is 0 Å². The van der Waals surface area contributed by atoms with E-state index in [9.17, 15) is 0 Å². The third-order valence-electron chi connectivity index (χ3n) is 11.2. The molecular formula is C54H35NO. The molecule has 2 nitrogen and oxygen atoms in total. The van der Waals surface area contributed by atoms with Crippen molar-refractivity contribution >= 4 is 71.3 Å². The Morgan fingerprint density at radius 2 is 0.929 bits per heavy atom. The summed E-state index contributed by atoms with van der Waals surface area (Å²) in [6.45, 7) is 0. The average Bonchev–Trinajstić information content (AvgIpc) is 3.66. The summed E-state index contributed by atoms with van der Waals surface area (Å²) in [5, 5.41) is 9.32. The van der Waals surface area contributed by atoms with Gasteiger partial charge in [0.05, 0.1) is 11.1 Å². The molecule has 0 aliphatic carbocycles. The van der Waals surface area contributed by atoms with E-state index in [4.69, 9.17) is 4.42 Å². The molecule has 0 amide bonds. The van der Waals surface area contributed by atoms with Crippen LogP contribution in [0.15, 0.2) is 217 Å². The van der Waals surface area contributed by atoms with Gasteiger partial charge in [-0.1, -0.05) is 170 Å². The van der Waals surface area contributed by atoms with E-state index in [2.05, 4.69) is 217 Å². The molecule has 0 aliphatic rings. The van der Waals surface area contributed by atoms with Crippen molar-refractivity contribution in [2.24, 2.45) is 0 Å². The highest BCUT2D eigenvalue weighted by Crippen LogP contribution is 2.47. The third kappa shape index (κ3) is 5.34. The van der Waals surface area contributed by atoms with Gasteiger partial charge in [0.1, 0.15) is 11.2 Å².